The lowest BCUT2D eigenvalue weighted by molar-refractivity contribution is -0.143. The van der Waals surface area contributed by atoms with Crippen LogP contribution >= 0.6 is 0 Å². The lowest BCUT2D eigenvalue weighted by Crippen LogP contribution is -2.61. The number of esters is 1. The molecule has 0 radical (unpaired) electrons. The average Bonchev–Trinajstić information content (AvgIpc) is 3.35. The van der Waals surface area contributed by atoms with Crippen LogP contribution < -0.4 is 10.6 Å². The van der Waals surface area contributed by atoms with Gasteiger partial charge in [-0.05, 0) is 26.7 Å². The zero-order valence-electron chi connectivity index (χ0n) is 18.1. The van der Waals surface area contributed by atoms with Crippen molar-refractivity contribution in [1.29, 1.82) is 0 Å². The lowest BCUT2D eigenvalue weighted by atomic mass is 9.92. The molecule has 1 aliphatic carbocycles. The van der Waals surface area contributed by atoms with Gasteiger partial charge in [-0.2, -0.15) is 0 Å². The van der Waals surface area contributed by atoms with E-state index in [1.54, 1.807) is 27.7 Å². The Balaban J connectivity index is 2.26. The van der Waals surface area contributed by atoms with E-state index in [1.807, 2.05) is 6.92 Å². The van der Waals surface area contributed by atoms with E-state index in [-0.39, 0.29) is 5.92 Å². The van der Waals surface area contributed by atoms with Crippen LogP contribution in [0.3, 0.4) is 0 Å². The number of alkyl carbamates (subject to hydrolysis) is 1. The molecular formula is C19H30N2O8S. The van der Waals surface area contributed by atoms with Crippen molar-refractivity contribution in [3.63, 3.8) is 0 Å². The summed E-state index contributed by atoms with van der Waals surface area (Å²) in [7, 11) is -2.65. The van der Waals surface area contributed by atoms with Crippen LogP contribution in [0.2, 0.25) is 0 Å². The first-order valence-electron chi connectivity index (χ1n) is 9.80. The molecule has 2 aliphatic rings. The van der Waals surface area contributed by atoms with E-state index < -0.39 is 67.8 Å². The van der Waals surface area contributed by atoms with Gasteiger partial charge in [0.05, 0.1) is 24.0 Å². The van der Waals surface area contributed by atoms with Crippen molar-refractivity contribution in [2.75, 3.05) is 12.9 Å². The van der Waals surface area contributed by atoms with Crippen LogP contribution in [0.5, 0.6) is 0 Å². The van der Waals surface area contributed by atoms with Crippen LogP contribution in [0.25, 0.3) is 0 Å². The van der Waals surface area contributed by atoms with Gasteiger partial charge >= 0.3 is 12.1 Å². The van der Waals surface area contributed by atoms with Crippen LogP contribution in [0, 0.1) is 17.8 Å². The molecule has 2 rings (SSSR count). The second kappa shape index (κ2) is 8.16. The van der Waals surface area contributed by atoms with E-state index in [4.69, 9.17) is 4.74 Å². The van der Waals surface area contributed by atoms with Gasteiger partial charge in [0.15, 0.2) is 9.84 Å². The Labute approximate surface area is 176 Å². The predicted molar refractivity (Wildman–Crippen MR) is 106 cm³/mol. The highest BCUT2D eigenvalue weighted by Crippen LogP contribution is 2.57. The van der Waals surface area contributed by atoms with E-state index >= 15 is 0 Å². The van der Waals surface area contributed by atoms with Crippen molar-refractivity contribution in [3.05, 3.63) is 0 Å². The summed E-state index contributed by atoms with van der Waals surface area (Å²) in [6.45, 7) is 8.58. The standard InChI is InChI=1S/C19H30N2O8S/c1-7-10(2)13(20-17(25)29-18(3,4)5)15(23)21-19(8-22)9-30(26,27)14-11(12(14)19)16(24)28-6/h8,10-14H,7,9H2,1-6H3,(H,20,25)(H,21,23)/t10-,11+,12+,13-,14-,19-/m0/s1. The molecule has 6 atom stereocenters. The molecule has 0 aromatic rings. The van der Waals surface area contributed by atoms with Gasteiger partial charge < -0.3 is 24.9 Å². The number of carbonyl (C=O) groups is 4. The van der Waals surface area contributed by atoms with Gasteiger partial charge in [-0.3, -0.25) is 9.59 Å². The lowest BCUT2D eigenvalue weighted by Gasteiger charge is -2.31. The van der Waals surface area contributed by atoms with E-state index in [2.05, 4.69) is 15.4 Å². The molecule has 2 N–H and O–H groups in total. The minimum Gasteiger partial charge on any atom is -0.469 e. The quantitative estimate of drug-likeness (QED) is 0.417. The number of sulfone groups is 1. The maximum atomic E-state index is 13.0. The fourth-order valence-corrected chi connectivity index (χ4v) is 6.68. The van der Waals surface area contributed by atoms with Crippen LogP contribution in [-0.4, -0.2) is 68.0 Å². The number of ether oxygens (including phenoxy) is 2. The smallest absolute Gasteiger partial charge is 0.408 e. The normalized spacial score (nSPS) is 30.9. The number of methoxy groups -OCH3 is 1. The first kappa shape index (κ1) is 24.1. The number of hydrogen-bond donors (Lipinski definition) is 2. The number of nitrogens with one attached hydrogen (secondary N) is 2. The predicted octanol–water partition coefficient (Wildman–Crippen LogP) is 0.196. The molecule has 1 aliphatic heterocycles. The summed E-state index contributed by atoms with van der Waals surface area (Å²) in [5, 5.41) is 3.96. The van der Waals surface area contributed by atoms with Crippen LogP contribution in [0.4, 0.5) is 4.79 Å². The summed E-state index contributed by atoms with van der Waals surface area (Å²) in [6.07, 6.45) is 0.0905. The molecule has 1 saturated heterocycles. The highest BCUT2D eigenvalue weighted by molar-refractivity contribution is 7.92. The number of fused-ring (bicyclic) bond motifs is 1. The van der Waals surface area contributed by atoms with Crippen molar-refractivity contribution in [1.82, 2.24) is 10.6 Å². The van der Waals surface area contributed by atoms with E-state index in [9.17, 15) is 27.6 Å². The Hall–Kier alpha value is -2.17. The van der Waals surface area contributed by atoms with E-state index in [0.29, 0.717) is 12.7 Å². The summed E-state index contributed by atoms with van der Waals surface area (Å²) in [6, 6.07) is -1.06. The van der Waals surface area contributed by atoms with E-state index in [0.717, 1.165) is 7.11 Å². The third kappa shape index (κ3) is 4.60. The molecule has 0 spiro atoms. The average molecular weight is 447 g/mol. The Morgan fingerprint density at radius 1 is 1.27 bits per heavy atom. The third-order valence-corrected chi connectivity index (χ3v) is 7.91. The first-order chi connectivity index (χ1) is 13.7. The maximum Gasteiger partial charge on any atom is 0.408 e. The Kier molecular flexibility index (Phi) is 6.56. The van der Waals surface area contributed by atoms with Crippen molar-refractivity contribution in [2.45, 2.75) is 63.5 Å². The molecule has 0 bridgehead atoms. The monoisotopic (exact) mass is 446 g/mol. The van der Waals surface area contributed by atoms with Crippen LogP contribution in [0.1, 0.15) is 41.0 Å². The number of aldehydes is 1. The van der Waals surface area contributed by atoms with Gasteiger partial charge in [0.1, 0.15) is 23.5 Å². The molecule has 2 amide bonds. The van der Waals surface area contributed by atoms with Crippen molar-refractivity contribution >= 4 is 34.1 Å². The molecule has 1 heterocycles. The molecular weight excluding hydrogens is 416 g/mol. The molecule has 30 heavy (non-hydrogen) atoms. The van der Waals surface area contributed by atoms with Gasteiger partial charge in [0, 0.05) is 5.92 Å². The Bertz CT molecular complexity index is 834. The highest BCUT2D eigenvalue weighted by Gasteiger charge is 2.77. The number of carbonyl (C=O) groups excluding carboxylic acids is 4. The van der Waals surface area contributed by atoms with Gasteiger partial charge in [0.25, 0.3) is 0 Å². The Morgan fingerprint density at radius 2 is 1.87 bits per heavy atom. The number of hydrogen-bond acceptors (Lipinski definition) is 8. The fraction of sp³-hybridized carbons (Fsp3) is 0.789. The molecule has 0 aromatic heterocycles. The SMILES string of the molecule is CC[C@H](C)[C@H](NC(=O)OC(C)(C)C)C(=O)N[C@@]1(C=O)CS(=O)(=O)[C@H]2[C@H](C(=O)OC)[C@H]21. The number of rotatable bonds is 7. The largest absolute Gasteiger partial charge is 0.469 e. The number of amides is 2. The zero-order chi connectivity index (χ0) is 23.1. The second-order valence-corrected chi connectivity index (χ2v) is 11.2. The van der Waals surface area contributed by atoms with Gasteiger partial charge in [-0.1, -0.05) is 20.3 Å². The summed E-state index contributed by atoms with van der Waals surface area (Å²) >= 11 is 0. The minimum atomic E-state index is -3.78. The molecule has 11 heteroatoms. The molecule has 0 aromatic carbocycles. The van der Waals surface area contributed by atoms with Crippen LogP contribution in [-0.2, 0) is 33.7 Å². The minimum absolute atomic E-state index is 0.328. The molecule has 2 fully saturated rings. The van der Waals surface area contributed by atoms with E-state index in [1.165, 1.54) is 0 Å². The first-order valence-corrected chi connectivity index (χ1v) is 11.5. The van der Waals surface area contributed by atoms with Crippen LogP contribution in [0.15, 0.2) is 0 Å². The molecule has 10 nitrogen and oxygen atoms in total. The molecule has 170 valence electrons. The van der Waals surface area contributed by atoms with Crippen molar-refractivity contribution in [3.8, 4) is 0 Å². The summed E-state index contributed by atoms with van der Waals surface area (Å²) in [5.74, 6) is -4.27. The summed E-state index contributed by atoms with van der Waals surface area (Å²) < 4.78 is 34.8. The van der Waals surface area contributed by atoms with Crippen molar-refractivity contribution in [2.24, 2.45) is 17.8 Å². The molecule has 1 saturated carbocycles. The summed E-state index contributed by atoms with van der Waals surface area (Å²) in [4.78, 5) is 49.1. The second-order valence-electron chi connectivity index (χ2n) is 9.00. The zero-order valence-corrected chi connectivity index (χ0v) is 18.9. The van der Waals surface area contributed by atoms with Gasteiger partial charge in [-0.15, -0.1) is 0 Å². The van der Waals surface area contributed by atoms with Crippen molar-refractivity contribution < 1.29 is 37.1 Å². The third-order valence-electron chi connectivity index (χ3n) is 5.61. The molecule has 0 unspecified atom stereocenters. The summed E-state index contributed by atoms with van der Waals surface area (Å²) in [5.41, 5.74) is -2.53. The Morgan fingerprint density at radius 3 is 2.33 bits per heavy atom. The highest BCUT2D eigenvalue weighted by atomic mass is 32.2. The fourth-order valence-electron chi connectivity index (χ4n) is 3.99. The topological polar surface area (TPSA) is 145 Å². The maximum absolute atomic E-state index is 13.0. The van der Waals surface area contributed by atoms with Gasteiger partial charge in [0.2, 0.25) is 5.91 Å². The van der Waals surface area contributed by atoms with Gasteiger partial charge in [-0.25, -0.2) is 13.2 Å².